The molecular formula is C21H21FN2O2S. The SMILES string of the molecule is Cc1nc(-c2ccc(F)cc2)sc1C(=O)NCCCOCc1ccccc1. The third-order valence-corrected chi connectivity index (χ3v) is 5.16. The fraction of sp³-hybridized carbons (Fsp3) is 0.238. The third-order valence-electron chi connectivity index (χ3n) is 3.96. The van der Waals surface area contributed by atoms with Gasteiger partial charge < -0.3 is 10.1 Å². The second-order valence-corrected chi connectivity index (χ2v) is 7.09. The lowest BCUT2D eigenvalue weighted by Crippen LogP contribution is -2.25. The molecule has 140 valence electrons. The number of nitrogens with one attached hydrogen (secondary N) is 1. The van der Waals surface area contributed by atoms with Crippen molar-refractivity contribution in [2.45, 2.75) is 20.0 Å². The molecule has 1 heterocycles. The predicted molar refractivity (Wildman–Crippen MR) is 105 cm³/mol. The van der Waals surface area contributed by atoms with Crippen molar-refractivity contribution < 1.29 is 13.9 Å². The molecule has 1 N–H and O–H groups in total. The van der Waals surface area contributed by atoms with Gasteiger partial charge in [0.1, 0.15) is 15.7 Å². The van der Waals surface area contributed by atoms with Gasteiger partial charge in [-0.2, -0.15) is 0 Å². The molecule has 0 aliphatic heterocycles. The Labute approximate surface area is 162 Å². The number of thiazole rings is 1. The topological polar surface area (TPSA) is 51.2 Å². The highest BCUT2D eigenvalue weighted by Crippen LogP contribution is 2.27. The van der Waals surface area contributed by atoms with Gasteiger partial charge in [0.2, 0.25) is 0 Å². The van der Waals surface area contributed by atoms with E-state index in [0.29, 0.717) is 35.3 Å². The minimum absolute atomic E-state index is 0.138. The highest BCUT2D eigenvalue weighted by molar-refractivity contribution is 7.17. The van der Waals surface area contributed by atoms with Crippen molar-refractivity contribution in [1.29, 1.82) is 0 Å². The van der Waals surface area contributed by atoms with Crippen LogP contribution in [0.25, 0.3) is 10.6 Å². The summed E-state index contributed by atoms with van der Waals surface area (Å²) >= 11 is 1.32. The van der Waals surface area contributed by atoms with Gasteiger partial charge in [0.15, 0.2) is 0 Å². The number of aromatic nitrogens is 1. The van der Waals surface area contributed by atoms with E-state index in [9.17, 15) is 9.18 Å². The number of benzene rings is 2. The molecule has 0 radical (unpaired) electrons. The van der Waals surface area contributed by atoms with Crippen LogP contribution < -0.4 is 5.32 Å². The molecule has 2 aromatic carbocycles. The molecule has 0 aliphatic carbocycles. The van der Waals surface area contributed by atoms with Gasteiger partial charge in [-0.1, -0.05) is 30.3 Å². The molecule has 1 aromatic heterocycles. The summed E-state index contributed by atoms with van der Waals surface area (Å²) in [7, 11) is 0. The highest BCUT2D eigenvalue weighted by atomic mass is 32.1. The number of nitrogens with zero attached hydrogens (tertiary/aromatic N) is 1. The molecule has 0 saturated heterocycles. The Morgan fingerprint density at radius 1 is 1.15 bits per heavy atom. The summed E-state index contributed by atoms with van der Waals surface area (Å²) in [5.74, 6) is -0.430. The van der Waals surface area contributed by atoms with Crippen molar-refractivity contribution in [2.75, 3.05) is 13.2 Å². The van der Waals surface area contributed by atoms with Crippen molar-refractivity contribution in [1.82, 2.24) is 10.3 Å². The zero-order valence-electron chi connectivity index (χ0n) is 15.1. The molecule has 3 aromatic rings. The first-order valence-corrected chi connectivity index (χ1v) is 9.58. The molecule has 0 aliphatic rings. The van der Waals surface area contributed by atoms with Gasteiger partial charge in [-0.05, 0) is 43.2 Å². The molecule has 4 nitrogen and oxygen atoms in total. The van der Waals surface area contributed by atoms with Crippen LogP contribution in [0.2, 0.25) is 0 Å². The van der Waals surface area contributed by atoms with Gasteiger partial charge in [0, 0.05) is 18.7 Å². The number of carbonyl (C=O) groups is 1. The Kier molecular flexibility index (Phi) is 6.68. The summed E-state index contributed by atoms with van der Waals surface area (Å²) in [5, 5.41) is 3.62. The first kappa shape index (κ1) is 19.2. The fourth-order valence-corrected chi connectivity index (χ4v) is 3.53. The molecule has 0 spiro atoms. The molecule has 0 atom stereocenters. The van der Waals surface area contributed by atoms with Gasteiger partial charge in [-0.3, -0.25) is 4.79 Å². The Bertz CT molecular complexity index is 879. The van der Waals surface area contributed by atoms with E-state index in [1.807, 2.05) is 30.3 Å². The Hall–Kier alpha value is -2.57. The summed E-state index contributed by atoms with van der Waals surface area (Å²) in [6.45, 7) is 3.50. The van der Waals surface area contributed by atoms with Crippen LogP contribution in [-0.2, 0) is 11.3 Å². The van der Waals surface area contributed by atoms with Gasteiger partial charge >= 0.3 is 0 Å². The van der Waals surface area contributed by atoms with Crippen LogP contribution in [0.5, 0.6) is 0 Å². The van der Waals surface area contributed by atoms with E-state index in [1.54, 1.807) is 19.1 Å². The summed E-state index contributed by atoms with van der Waals surface area (Å²) in [5.41, 5.74) is 2.62. The zero-order valence-corrected chi connectivity index (χ0v) is 15.9. The number of hydrogen-bond acceptors (Lipinski definition) is 4. The van der Waals surface area contributed by atoms with Crippen LogP contribution in [0.4, 0.5) is 4.39 Å². The lowest BCUT2D eigenvalue weighted by Gasteiger charge is -2.06. The molecule has 0 saturated carbocycles. The van der Waals surface area contributed by atoms with Gasteiger partial charge in [0.25, 0.3) is 5.91 Å². The minimum Gasteiger partial charge on any atom is -0.377 e. The van der Waals surface area contributed by atoms with Crippen LogP contribution in [0, 0.1) is 12.7 Å². The smallest absolute Gasteiger partial charge is 0.263 e. The number of hydrogen-bond donors (Lipinski definition) is 1. The van der Waals surface area contributed by atoms with Crippen LogP contribution in [0.15, 0.2) is 54.6 Å². The molecule has 0 fully saturated rings. The standard InChI is InChI=1S/C21H21FN2O2S/c1-15-19(27-21(24-15)17-8-10-18(22)11-9-17)20(25)23-12-5-13-26-14-16-6-3-2-4-7-16/h2-4,6-11H,5,12-14H2,1H3,(H,23,25). The predicted octanol–water partition coefficient (Wildman–Crippen LogP) is 4.59. The van der Waals surface area contributed by atoms with Crippen molar-refractivity contribution in [3.05, 3.63) is 76.5 Å². The molecule has 1 amide bonds. The Morgan fingerprint density at radius 3 is 2.63 bits per heavy atom. The quantitative estimate of drug-likeness (QED) is 0.578. The van der Waals surface area contributed by atoms with E-state index < -0.39 is 0 Å². The van der Waals surface area contributed by atoms with E-state index in [4.69, 9.17) is 4.74 Å². The van der Waals surface area contributed by atoms with E-state index in [-0.39, 0.29) is 11.7 Å². The fourth-order valence-electron chi connectivity index (χ4n) is 2.54. The summed E-state index contributed by atoms with van der Waals surface area (Å²) in [6.07, 6.45) is 0.737. The Morgan fingerprint density at radius 2 is 1.89 bits per heavy atom. The maximum atomic E-state index is 13.0. The van der Waals surface area contributed by atoms with E-state index in [1.165, 1.54) is 23.5 Å². The first-order valence-electron chi connectivity index (χ1n) is 8.77. The average Bonchev–Trinajstić information content (AvgIpc) is 3.07. The number of carbonyl (C=O) groups excluding carboxylic acids is 1. The molecular weight excluding hydrogens is 363 g/mol. The number of aryl methyl sites for hydroxylation is 1. The van der Waals surface area contributed by atoms with Crippen LogP contribution in [-0.4, -0.2) is 24.0 Å². The second kappa shape index (κ2) is 9.39. The van der Waals surface area contributed by atoms with Crippen molar-refractivity contribution in [3.8, 4) is 10.6 Å². The average molecular weight is 384 g/mol. The van der Waals surface area contributed by atoms with Gasteiger partial charge in [-0.25, -0.2) is 9.37 Å². The number of halogens is 1. The summed E-state index contributed by atoms with van der Waals surface area (Å²) in [6, 6.07) is 16.1. The highest BCUT2D eigenvalue weighted by Gasteiger charge is 2.15. The zero-order chi connectivity index (χ0) is 19.1. The maximum absolute atomic E-state index is 13.0. The van der Waals surface area contributed by atoms with Crippen molar-refractivity contribution in [2.24, 2.45) is 0 Å². The first-order chi connectivity index (χ1) is 13.1. The summed E-state index contributed by atoms with van der Waals surface area (Å²) < 4.78 is 18.7. The molecule has 27 heavy (non-hydrogen) atoms. The van der Waals surface area contributed by atoms with Gasteiger partial charge in [0.05, 0.1) is 12.3 Å². The van der Waals surface area contributed by atoms with Crippen molar-refractivity contribution in [3.63, 3.8) is 0 Å². The number of rotatable bonds is 8. The molecule has 0 unspecified atom stereocenters. The van der Waals surface area contributed by atoms with Crippen LogP contribution in [0.1, 0.15) is 27.3 Å². The number of amides is 1. The monoisotopic (exact) mass is 384 g/mol. The Balaban J connectivity index is 1.45. The van der Waals surface area contributed by atoms with E-state index >= 15 is 0 Å². The molecule has 3 rings (SSSR count). The lowest BCUT2D eigenvalue weighted by atomic mass is 10.2. The van der Waals surface area contributed by atoms with E-state index in [0.717, 1.165) is 17.5 Å². The van der Waals surface area contributed by atoms with E-state index in [2.05, 4.69) is 10.3 Å². The van der Waals surface area contributed by atoms with Crippen LogP contribution in [0.3, 0.4) is 0 Å². The second-order valence-electron chi connectivity index (χ2n) is 6.09. The minimum atomic E-state index is -0.292. The van der Waals surface area contributed by atoms with Crippen LogP contribution >= 0.6 is 11.3 Å². The summed E-state index contributed by atoms with van der Waals surface area (Å²) in [4.78, 5) is 17.4. The largest absolute Gasteiger partial charge is 0.377 e. The number of ether oxygens (including phenoxy) is 1. The van der Waals surface area contributed by atoms with Gasteiger partial charge in [-0.15, -0.1) is 11.3 Å². The molecule has 0 bridgehead atoms. The third kappa shape index (κ3) is 5.45. The lowest BCUT2D eigenvalue weighted by molar-refractivity contribution is 0.0937. The van der Waals surface area contributed by atoms with Crippen molar-refractivity contribution >= 4 is 17.2 Å². The maximum Gasteiger partial charge on any atom is 0.263 e. The molecule has 6 heteroatoms. The normalized spacial score (nSPS) is 10.7.